The van der Waals surface area contributed by atoms with Gasteiger partial charge in [-0.3, -0.25) is 9.59 Å². The third-order valence-electron chi connectivity index (χ3n) is 5.07. The number of nitriles is 1. The molecule has 3 heterocycles. The highest BCUT2D eigenvalue weighted by Crippen LogP contribution is 2.37. The van der Waals surface area contributed by atoms with Crippen LogP contribution in [-0.2, 0) is 32.6 Å². The molecule has 0 radical (unpaired) electrons. The maximum atomic E-state index is 12.7. The first-order valence-corrected chi connectivity index (χ1v) is 11.4. The SMILES string of the molecule is CC(=O)N1CCc2c(sc(NC(=O)C3CCCN(S(C)(=O)=O)C3)c2C#N)C1. The van der Waals surface area contributed by atoms with Crippen molar-refractivity contribution in [3.63, 3.8) is 0 Å². The van der Waals surface area contributed by atoms with Gasteiger partial charge < -0.3 is 10.2 Å². The molecular weight excluding hydrogens is 388 g/mol. The van der Waals surface area contributed by atoms with Crippen LogP contribution in [0.25, 0.3) is 0 Å². The van der Waals surface area contributed by atoms with E-state index in [9.17, 15) is 23.3 Å². The van der Waals surface area contributed by atoms with E-state index < -0.39 is 15.9 Å². The molecule has 0 saturated carbocycles. The predicted octanol–water partition coefficient (Wildman–Crippen LogP) is 1.13. The van der Waals surface area contributed by atoms with Gasteiger partial charge in [0.25, 0.3) is 0 Å². The zero-order valence-electron chi connectivity index (χ0n) is 15.3. The number of piperidine rings is 1. The van der Waals surface area contributed by atoms with E-state index >= 15 is 0 Å². The van der Waals surface area contributed by atoms with Crippen LogP contribution in [0.1, 0.15) is 35.8 Å². The Labute approximate surface area is 162 Å². The fourth-order valence-electron chi connectivity index (χ4n) is 3.55. The van der Waals surface area contributed by atoms with E-state index in [4.69, 9.17) is 0 Å². The van der Waals surface area contributed by atoms with Gasteiger partial charge in [-0.05, 0) is 24.8 Å². The summed E-state index contributed by atoms with van der Waals surface area (Å²) in [7, 11) is -3.33. The quantitative estimate of drug-likeness (QED) is 0.803. The Morgan fingerprint density at radius 1 is 1.33 bits per heavy atom. The van der Waals surface area contributed by atoms with Crippen LogP contribution in [0, 0.1) is 17.2 Å². The average molecular weight is 411 g/mol. The average Bonchev–Trinajstić information content (AvgIpc) is 2.97. The van der Waals surface area contributed by atoms with Crippen molar-refractivity contribution >= 4 is 38.2 Å². The number of amides is 2. The maximum Gasteiger partial charge on any atom is 0.229 e. The van der Waals surface area contributed by atoms with E-state index in [-0.39, 0.29) is 18.4 Å². The standard InChI is InChI=1S/C17H22N4O4S2/c1-11(22)20-7-5-13-14(8-18)17(26-15(13)10-20)19-16(23)12-4-3-6-21(9-12)27(2,24)25/h12H,3-7,9-10H2,1-2H3,(H,19,23). The summed E-state index contributed by atoms with van der Waals surface area (Å²) in [6, 6.07) is 2.18. The van der Waals surface area contributed by atoms with E-state index in [0.717, 1.165) is 16.7 Å². The Morgan fingerprint density at radius 2 is 2.07 bits per heavy atom. The molecule has 0 aliphatic carbocycles. The van der Waals surface area contributed by atoms with Crippen molar-refractivity contribution < 1.29 is 18.0 Å². The minimum absolute atomic E-state index is 0.0128. The van der Waals surface area contributed by atoms with Crippen LogP contribution in [0.2, 0.25) is 0 Å². The van der Waals surface area contributed by atoms with Crippen molar-refractivity contribution in [1.29, 1.82) is 5.26 Å². The Morgan fingerprint density at radius 3 is 2.70 bits per heavy atom. The molecule has 1 aromatic rings. The molecule has 2 amide bonds. The normalized spacial score (nSPS) is 20.6. The second kappa shape index (κ2) is 7.58. The van der Waals surface area contributed by atoms with Crippen LogP contribution in [0.3, 0.4) is 0 Å². The fraction of sp³-hybridized carbons (Fsp3) is 0.588. The van der Waals surface area contributed by atoms with Gasteiger partial charge in [0, 0.05) is 31.4 Å². The number of carbonyl (C=O) groups excluding carboxylic acids is 2. The molecule has 27 heavy (non-hydrogen) atoms. The molecule has 8 nitrogen and oxygen atoms in total. The monoisotopic (exact) mass is 410 g/mol. The Bertz CT molecular complexity index is 916. The van der Waals surface area contributed by atoms with Gasteiger partial charge in [-0.15, -0.1) is 11.3 Å². The number of carbonyl (C=O) groups is 2. The molecule has 146 valence electrons. The molecule has 0 spiro atoms. The predicted molar refractivity (Wildman–Crippen MR) is 102 cm³/mol. The van der Waals surface area contributed by atoms with Crippen molar-refractivity contribution in [2.75, 3.05) is 31.2 Å². The second-order valence-electron chi connectivity index (χ2n) is 6.96. The molecule has 1 N–H and O–H groups in total. The summed E-state index contributed by atoms with van der Waals surface area (Å²) >= 11 is 1.33. The van der Waals surface area contributed by atoms with Crippen molar-refractivity contribution in [2.45, 2.75) is 32.7 Å². The zero-order chi connectivity index (χ0) is 19.8. The van der Waals surface area contributed by atoms with Gasteiger partial charge in [0.2, 0.25) is 21.8 Å². The van der Waals surface area contributed by atoms with Crippen LogP contribution in [0.4, 0.5) is 5.00 Å². The largest absolute Gasteiger partial charge is 0.337 e. The Kier molecular flexibility index (Phi) is 5.55. The number of fused-ring (bicyclic) bond motifs is 1. The van der Waals surface area contributed by atoms with Crippen LogP contribution < -0.4 is 5.32 Å². The molecule has 1 aromatic heterocycles. The van der Waals surface area contributed by atoms with Gasteiger partial charge in [-0.1, -0.05) is 0 Å². The van der Waals surface area contributed by atoms with Gasteiger partial charge in [0.05, 0.1) is 24.3 Å². The van der Waals surface area contributed by atoms with Crippen LogP contribution >= 0.6 is 11.3 Å². The van der Waals surface area contributed by atoms with Crippen LogP contribution in [0.15, 0.2) is 0 Å². The second-order valence-corrected chi connectivity index (χ2v) is 10.0. The summed E-state index contributed by atoms with van der Waals surface area (Å²) in [6.45, 7) is 3.12. The Hall–Kier alpha value is -1.96. The lowest BCUT2D eigenvalue weighted by Gasteiger charge is -2.29. The highest BCUT2D eigenvalue weighted by atomic mass is 32.2. The smallest absolute Gasteiger partial charge is 0.229 e. The zero-order valence-corrected chi connectivity index (χ0v) is 17.0. The molecule has 1 unspecified atom stereocenters. The van der Waals surface area contributed by atoms with Gasteiger partial charge in [0.15, 0.2) is 0 Å². The maximum absolute atomic E-state index is 12.7. The number of hydrogen-bond donors (Lipinski definition) is 1. The number of rotatable bonds is 3. The molecule has 0 bridgehead atoms. The van der Waals surface area contributed by atoms with E-state index in [0.29, 0.717) is 49.5 Å². The van der Waals surface area contributed by atoms with Gasteiger partial charge in [-0.2, -0.15) is 5.26 Å². The first-order chi connectivity index (χ1) is 12.7. The van der Waals surface area contributed by atoms with E-state index in [1.165, 1.54) is 22.6 Å². The molecular formula is C17H22N4O4S2. The first-order valence-electron chi connectivity index (χ1n) is 8.77. The fourth-order valence-corrected chi connectivity index (χ4v) is 5.68. The summed E-state index contributed by atoms with van der Waals surface area (Å²) in [5.41, 5.74) is 1.36. The van der Waals surface area contributed by atoms with Crippen molar-refractivity contribution in [3.8, 4) is 6.07 Å². The van der Waals surface area contributed by atoms with Gasteiger partial charge in [0.1, 0.15) is 11.1 Å². The number of nitrogens with zero attached hydrogens (tertiary/aromatic N) is 3. The van der Waals surface area contributed by atoms with Crippen molar-refractivity contribution in [1.82, 2.24) is 9.21 Å². The number of nitrogens with one attached hydrogen (secondary N) is 1. The van der Waals surface area contributed by atoms with Crippen molar-refractivity contribution in [2.24, 2.45) is 5.92 Å². The molecule has 2 aliphatic rings. The molecule has 10 heteroatoms. The number of sulfonamides is 1. The lowest BCUT2D eigenvalue weighted by molar-refractivity contribution is -0.129. The summed E-state index contributed by atoms with van der Waals surface area (Å²) in [5, 5.41) is 12.9. The van der Waals surface area contributed by atoms with E-state index in [1.807, 2.05) is 0 Å². The lowest BCUT2D eigenvalue weighted by atomic mass is 9.98. The topological polar surface area (TPSA) is 111 Å². The molecule has 0 aromatic carbocycles. The molecule has 3 rings (SSSR count). The highest BCUT2D eigenvalue weighted by molar-refractivity contribution is 7.88. The molecule has 2 aliphatic heterocycles. The summed E-state index contributed by atoms with van der Waals surface area (Å²) in [4.78, 5) is 26.9. The minimum Gasteiger partial charge on any atom is -0.337 e. The lowest BCUT2D eigenvalue weighted by Crippen LogP contribution is -2.43. The summed E-state index contributed by atoms with van der Waals surface area (Å²) in [6.07, 6.45) is 2.98. The summed E-state index contributed by atoms with van der Waals surface area (Å²) in [5.74, 6) is -0.712. The van der Waals surface area contributed by atoms with E-state index in [1.54, 1.807) is 4.90 Å². The third kappa shape index (κ3) is 4.15. The number of hydrogen-bond acceptors (Lipinski definition) is 6. The minimum atomic E-state index is -3.33. The van der Waals surface area contributed by atoms with Crippen LogP contribution in [-0.4, -0.2) is 55.3 Å². The van der Waals surface area contributed by atoms with Crippen molar-refractivity contribution in [3.05, 3.63) is 16.0 Å². The first kappa shape index (κ1) is 19.8. The van der Waals surface area contributed by atoms with E-state index in [2.05, 4.69) is 11.4 Å². The van der Waals surface area contributed by atoms with Gasteiger partial charge in [-0.25, -0.2) is 12.7 Å². The molecule has 1 fully saturated rings. The number of anilines is 1. The highest BCUT2D eigenvalue weighted by Gasteiger charge is 2.32. The molecule has 1 atom stereocenters. The number of thiophene rings is 1. The Balaban J connectivity index is 1.77. The van der Waals surface area contributed by atoms with Gasteiger partial charge >= 0.3 is 0 Å². The van der Waals surface area contributed by atoms with Crippen LogP contribution in [0.5, 0.6) is 0 Å². The summed E-state index contributed by atoms with van der Waals surface area (Å²) < 4.78 is 24.8. The third-order valence-corrected chi connectivity index (χ3v) is 7.48. The molecule has 1 saturated heterocycles.